The lowest BCUT2D eigenvalue weighted by Crippen LogP contribution is -2.24. The summed E-state index contributed by atoms with van der Waals surface area (Å²) in [6.07, 6.45) is 0.281. The van der Waals surface area contributed by atoms with Gasteiger partial charge in [0.25, 0.3) is 0 Å². The topological polar surface area (TPSA) is 70.6 Å². The lowest BCUT2D eigenvalue weighted by atomic mass is 9.93. The largest absolute Gasteiger partial charge is 0.393 e. The van der Waals surface area contributed by atoms with Gasteiger partial charge in [0.05, 0.1) is 6.10 Å². The number of anilines is 1. The third-order valence-corrected chi connectivity index (χ3v) is 3.87. The van der Waals surface area contributed by atoms with Gasteiger partial charge in [0.2, 0.25) is 0 Å². The molecule has 0 aliphatic carbocycles. The van der Waals surface area contributed by atoms with Gasteiger partial charge in [-0.15, -0.1) is 0 Å². The summed E-state index contributed by atoms with van der Waals surface area (Å²) >= 11 is 0. The summed E-state index contributed by atoms with van der Waals surface area (Å²) in [4.78, 5) is 4.48. The van der Waals surface area contributed by atoms with Gasteiger partial charge in [-0.1, -0.05) is 36.4 Å². The van der Waals surface area contributed by atoms with Crippen LogP contribution >= 0.6 is 0 Å². The monoisotopic (exact) mass is 325 g/mol. The molecule has 4 heteroatoms. The number of nitrogens with one attached hydrogen (secondary N) is 1. The third kappa shape index (κ3) is 5.70. The van der Waals surface area contributed by atoms with Gasteiger partial charge in [-0.2, -0.15) is 0 Å². The number of aliphatic hydroxyl groups is 1. The van der Waals surface area contributed by atoms with Crippen LogP contribution in [-0.2, 0) is 0 Å². The van der Waals surface area contributed by atoms with Crippen molar-refractivity contribution >= 4 is 11.6 Å². The minimum atomic E-state index is -0.376. The molecule has 0 spiro atoms. The van der Waals surface area contributed by atoms with Crippen LogP contribution in [0.1, 0.15) is 36.0 Å². The van der Waals surface area contributed by atoms with E-state index in [-0.39, 0.29) is 12.0 Å². The Morgan fingerprint density at radius 3 is 2.33 bits per heavy atom. The van der Waals surface area contributed by atoms with Crippen LogP contribution in [0.15, 0.2) is 53.5 Å². The first kappa shape index (κ1) is 18.0. The molecule has 4 nitrogen and oxygen atoms in total. The zero-order valence-electron chi connectivity index (χ0n) is 14.7. The average Bonchev–Trinajstić information content (AvgIpc) is 2.51. The summed E-state index contributed by atoms with van der Waals surface area (Å²) < 4.78 is 0. The highest BCUT2D eigenvalue weighted by Gasteiger charge is 2.14. The Morgan fingerprint density at radius 2 is 1.75 bits per heavy atom. The van der Waals surface area contributed by atoms with E-state index in [1.165, 1.54) is 16.7 Å². The molecule has 0 aliphatic heterocycles. The zero-order valence-corrected chi connectivity index (χ0v) is 14.7. The maximum atomic E-state index is 9.75. The predicted molar refractivity (Wildman–Crippen MR) is 102 cm³/mol. The predicted octanol–water partition coefficient (Wildman–Crippen LogP) is 3.58. The smallest absolute Gasteiger partial charge is 0.193 e. The van der Waals surface area contributed by atoms with Crippen LogP contribution in [0.3, 0.4) is 0 Å². The fourth-order valence-corrected chi connectivity index (χ4v) is 2.90. The van der Waals surface area contributed by atoms with Gasteiger partial charge < -0.3 is 16.2 Å². The van der Waals surface area contributed by atoms with Gasteiger partial charge >= 0.3 is 0 Å². The van der Waals surface area contributed by atoms with Crippen LogP contribution in [0.5, 0.6) is 0 Å². The van der Waals surface area contributed by atoms with Gasteiger partial charge in [-0.25, -0.2) is 0 Å². The summed E-state index contributed by atoms with van der Waals surface area (Å²) in [5.41, 5.74) is 10.5. The quantitative estimate of drug-likeness (QED) is 0.561. The molecule has 2 rings (SSSR count). The molecule has 4 N–H and O–H groups in total. The van der Waals surface area contributed by atoms with Gasteiger partial charge in [0.1, 0.15) is 0 Å². The molecule has 0 saturated heterocycles. The van der Waals surface area contributed by atoms with Crippen LogP contribution in [0.2, 0.25) is 0 Å². The summed E-state index contributed by atoms with van der Waals surface area (Å²) in [6, 6.07) is 16.3. The highest BCUT2D eigenvalue weighted by atomic mass is 16.3. The summed E-state index contributed by atoms with van der Waals surface area (Å²) in [7, 11) is 0. The van der Waals surface area contributed by atoms with Crippen molar-refractivity contribution in [2.75, 3.05) is 11.9 Å². The second-order valence-electron chi connectivity index (χ2n) is 6.42. The molecule has 0 bridgehead atoms. The second kappa shape index (κ2) is 8.50. The number of aliphatic imine (C=N–C) groups is 1. The van der Waals surface area contributed by atoms with E-state index in [1.807, 2.05) is 30.3 Å². The Labute approximate surface area is 144 Å². The van der Waals surface area contributed by atoms with Crippen molar-refractivity contribution in [2.45, 2.75) is 39.2 Å². The minimum Gasteiger partial charge on any atom is -0.393 e. The number of rotatable bonds is 6. The molecule has 0 saturated carbocycles. The van der Waals surface area contributed by atoms with E-state index in [0.717, 1.165) is 5.69 Å². The standard InChI is InChI=1S/C20H27N3O/c1-14-9-15(2)11-19(10-14)23-20(21)22-13-18(12-16(3)24)17-7-5-4-6-8-17/h4-11,16,18,24H,12-13H2,1-3H3,(H3,21,22,23). The third-order valence-electron chi connectivity index (χ3n) is 3.87. The normalized spacial score (nSPS) is 14.2. The number of benzene rings is 2. The fourth-order valence-electron chi connectivity index (χ4n) is 2.90. The first-order chi connectivity index (χ1) is 11.4. The van der Waals surface area contributed by atoms with Crippen molar-refractivity contribution in [1.29, 1.82) is 0 Å². The van der Waals surface area contributed by atoms with Crippen molar-refractivity contribution in [2.24, 2.45) is 10.7 Å². The number of guanidine groups is 1. The van der Waals surface area contributed by atoms with Crippen LogP contribution in [0.25, 0.3) is 0 Å². The molecular weight excluding hydrogens is 298 g/mol. The molecule has 128 valence electrons. The lowest BCUT2D eigenvalue weighted by Gasteiger charge is -2.17. The van der Waals surface area contributed by atoms with Gasteiger partial charge in [-0.05, 0) is 56.0 Å². The second-order valence-corrected chi connectivity index (χ2v) is 6.42. The Morgan fingerprint density at radius 1 is 1.12 bits per heavy atom. The van der Waals surface area contributed by atoms with Crippen molar-refractivity contribution in [3.05, 3.63) is 65.2 Å². The van der Waals surface area contributed by atoms with E-state index < -0.39 is 0 Å². The minimum absolute atomic E-state index is 0.144. The number of nitrogens with zero attached hydrogens (tertiary/aromatic N) is 1. The number of aryl methyl sites for hydroxylation is 2. The average molecular weight is 325 g/mol. The highest BCUT2D eigenvalue weighted by molar-refractivity contribution is 5.92. The Hall–Kier alpha value is -2.33. The van der Waals surface area contributed by atoms with E-state index in [1.54, 1.807) is 6.92 Å². The molecule has 0 aliphatic rings. The Kier molecular flexibility index (Phi) is 6.38. The van der Waals surface area contributed by atoms with Crippen molar-refractivity contribution < 1.29 is 5.11 Å². The first-order valence-corrected chi connectivity index (χ1v) is 8.32. The first-order valence-electron chi connectivity index (χ1n) is 8.32. The lowest BCUT2D eigenvalue weighted by molar-refractivity contribution is 0.175. The van der Waals surface area contributed by atoms with Gasteiger partial charge in [-0.3, -0.25) is 4.99 Å². The molecule has 2 aromatic carbocycles. The van der Waals surface area contributed by atoms with E-state index >= 15 is 0 Å². The van der Waals surface area contributed by atoms with Crippen molar-refractivity contribution in [3.63, 3.8) is 0 Å². The van der Waals surface area contributed by atoms with E-state index in [0.29, 0.717) is 18.9 Å². The van der Waals surface area contributed by atoms with Crippen molar-refractivity contribution in [1.82, 2.24) is 0 Å². The molecule has 0 fully saturated rings. The number of hydrogen-bond acceptors (Lipinski definition) is 2. The summed E-state index contributed by atoms with van der Waals surface area (Å²) in [6.45, 7) is 6.45. The van der Waals surface area contributed by atoms with Gasteiger partial charge in [0.15, 0.2) is 5.96 Å². The van der Waals surface area contributed by atoms with Crippen molar-refractivity contribution in [3.8, 4) is 0 Å². The summed E-state index contributed by atoms with van der Waals surface area (Å²) in [5, 5.41) is 12.9. The van der Waals surface area contributed by atoms with Crippen LogP contribution < -0.4 is 11.1 Å². The van der Waals surface area contributed by atoms with Gasteiger partial charge in [0, 0.05) is 18.2 Å². The fraction of sp³-hybridized carbons (Fsp3) is 0.350. The molecule has 0 heterocycles. The highest BCUT2D eigenvalue weighted by Crippen LogP contribution is 2.22. The number of nitrogens with two attached hydrogens (primary N) is 1. The van der Waals surface area contributed by atoms with Crippen LogP contribution in [0, 0.1) is 13.8 Å². The molecule has 0 amide bonds. The molecule has 2 unspecified atom stereocenters. The van der Waals surface area contributed by atoms with Crippen LogP contribution in [0.4, 0.5) is 5.69 Å². The molecule has 24 heavy (non-hydrogen) atoms. The van der Waals surface area contributed by atoms with Crippen LogP contribution in [-0.4, -0.2) is 23.7 Å². The molecule has 2 atom stereocenters. The van der Waals surface area contributed by atoms with E-state index in [2.05, 4.69) is 42.4 Å². The molecule has 0 radical (unpaired) electrons. The maximum absolute atomic E-state index is 9.75. The zero-order chi connectivity index (χ0) is 17.5. The van der Waals surface area contributed by atoms with E-state index in [4.69, 9.17) is 5.73 Å². The van der Waals surface area contributed by atoms with E-state index in [9.17, 15) is 5.11 Å². The Bertz CT molecular complexity index is 660. The maximum Gasteiger partial charge on any atom is 0.193 e. The number of aliphatic hydroxyl groups excluding tert-OH is 1. The summed E-state index contributed by atoms with van der Waals surface area (Å²) in [5.74, 6) is 0.539. The number of hydrogen-bond donors (Lipinski definition) is 3. The molecular formula is C20H27N3O. The SMILES string of the molecule is Cc1cc(C)cc(NC(N)=NCC(CC(C)O)c2ccccc2)c1. The molecule has 2 aromatic rings. The molecule has 0 aromatic heterocycles. The Balaban J connectivity index is 2.07.